The smallest absolute Gasteiger partial charge is 0.326 e. The van der Waals surface area contributed by atoms with E-state index in [2.05, 4.69) is 11.1 Å². The molecule has 0 N–H and O–H groups in total. The van der Waals surface area contributed by atoms with Gasteiger partial charge in [-0.15, -0.1) is 0 Å². The van der Waals surface area contributed by atoms with E-state index in [9.17, 15) is 4.79 Å². The summed E-state index contributed by atoms with van der Waals surface area (Å²) in [5.41, 5.74) is 3.56. The minimum Gasteiger partial charge on any atom is -0.481 e. The van der Waals surface area contributed by atoms with Gasteiger partial charge in [0, 0.05) is 40.0 Å². The van der Waals surface area contributed by atoms with Gasteiger partial charge in [0.2, 0.25) is 5.88 Å². The zero-order chi connectivity index (χ0) is 18.9. The summed E-state index contributed by atoms with van der Waals surface area (Å²) in [5.74, 6) is 0.324. The van der Waals surface area contributed by atoms with Gasteiger partial charge >= 0.3 is 5.97 Å². The molecule has 0 aliphatic heterocycles. The van der Waals surface area contributed by atoms with E-state index in [1.165, 1.54) is 0 Å². The Labute approximate surface area is 153 Å². The van der Waals surface area contributed by atoms with Crippen molar-refractivity contribution in [2.75, 3.05) is 7.11 Å². The van der Waals surface area contributed by atoms with Gasteiger partial charge in [-0.3, -0.25) is 4.79 Å². The van der Waals surface area contributed by atoms with Crippen LogP contribution < -0.4 is 4.74 Å². The molecule has 2 aromatic heterocycles. The maximum atomic E-state index is 12.4. The lowest BCUT2D eigenvalue weighted by Crippen LogP contribution is -2.26. The number of hydrogen-bond donors (Lipinski definition) is 0. The van der Waals surface area contributed by atoms with Crippen LogP contribution in [-0.4, -0.2) is 28.2 Å². The molecule has 0 saturated carbocycles. The van der Waals surface area contributed by atoms with Crippen LogP contribution in [0.2, 0.25) is 0 Å². The summed E-state index contributed by atoms with van der Waals surface area (Å²) < 4.78 is 12.7. The van der Waals surface area contributed by atoms with Crippen molar-refractivity contribution in [3.05, 3.63) is 48.3 Å². The van der Waals surface area contributed by atoms with Crippen LogP contribution in [-0.2, 0) is 16.1 Å². The number of aromatic nitrogens is 2. The second-order valence-corrected chi connectivity index (χ2v) is 7.24. The van der Waals surface area contributed by atoms with Crippen molar-refractivity contribution in [3.8, 4) is 17.0 Å². The Kier molecular flexibility index (Phi) is 4.72. The van der Waals surface area contributed by atoms with Crippen molar-refractivity contribution < 1.29 is 14.3 Å². The molecule has 26 heavy (non-hydrogen) atoms. The number of nitrogens with zero attached hydrogens (tertiary/aromatic N) is 2. The average Bonchev–Trinajstić information content (AvgIpc) is 2.86. The number of carbonyl (C=O) groups excluding carboxylic acids is 1. The van der Waals surface area contributed by atoms with E-state index in [1.807, 2.05) is 62.6 Å². The van der Waals surface area contributed by atoms with E-state index in [4.69, 9.17) is 9.47 Å². The van der Waals surface area contributed by atoms with E-state index in [0.29, 0.717) is 5.88 Å². The summed E-state index contributed by atoms with van der Waals surface area (Å²) in [6, 6.07) is 11.9. The van der Waals surface area contributed by atoms with E-state index in [1.54, 1.807) is 13.3 Å². The van der Waals surface area contributed by atoms with E-state index < -0.39 is 5.60 Å². The second-order valence-electron chi connectivity index (χ2n) is 7.24. The number of esters is 1. The molecular formula is C21H24N2O3. The van der Waals surface area contributed by atoms with E-state index >= 15 is 0 Å². The van der Waals surface area contributed by atoms with Crippen molar-refractivity contribution in [2.45, 2.75) is 39.8 Å². The Morgan fingerprint density at radius 1 is 1.15 bits per heavy atom. The summed E-state index contributed by atoms with van der Waals surface area (Å²) in [5, 5.41) is 1.08. The summed E-state index contributed by atoms with van der Waals surface area (Å²) in [6.07, 6.45) is 1.80. The predicted octanol–water partition coefficient (Wildman–Crippen LogP) is 4.36. The lowest BCUT2D eigenvalue weighted by molar-refractivity contribution is -0.155. The SMILES string of the molecule is COc1ccc(-c2c(C)n(CC(=O)OC(C)(C)C)c3ccccc23)cn1. The maximum Gasteiger partial charge on any atom is 0.326 e. The highest BCUT2D eigenvalue weighted by atomic mass is 16.6. The zero-order valence-electron chi connectivity index (χ0n) is 15.9. The lowest BCUT2D eigenvalue weighted by Gasteiger charge is -2.20. The molecule has 2 heterocycles. The Hall–Kier alpha value is -2.82. The van der Waals surface area contributed by atoms with Gasteiger partial charge in [-0.05, 0) is 39.8 Å². The van der Waals surface area contributed by atoms with Crippen molar-refractivity contribution >= 4 is 16.9 Å². The third-order valence-corrected chi connectivity index (χ3v) is 4.17. The normalized spacial score (nSPS) is 11.6. The molecule has 3 rings (SSSR count). The minimum absolute atomic E-state index is 0.174. The van der Waals surface area contributed by atoms with Crippen LogP contribution in [0.1, 0.15) is 26.5 Å². The van der Waals surface area contributed by atoms with E-state index in [-0.39, 0.29) is 12.5 Å². The fourth-order valence-electron chi connectivity index (χ4n) is 3.15. The van der Waals surface area contributed by atoms with Crippen molar-refractivity contribution in [1.82, 2.24) is 9.55 Å². The first-order valence-corrected chi connectivity index (χ1v) is 8.60. The third kappa shape index (κ3) is 3.57. The molecule has 3 aromatic rings. The topological polar surface area (TPSA) is 53.4 Å². The number of pyridine rings is 1. The predicted molar refractivity (Wildman–Crippen MR) is 102 cm³/mol. The van der Waals surface area contributed by atoms with Crippen LogP contribution >= 0.6 is 0 Å². The molecule has 0 saturated heterocycles. The lowest BCUT2D eigenvalue weighted by atomic mass is 10.0. The molecule has 0 aliphatic rings. The Morgan fingerprint density at radius 3 is 2.50 bits per heavy atom. The number of hydrogen-bond acceptors (Lipinski definition) is 4. The fourth-order valence-corrected chi connectivity index (χ4v) is 3.15. The van der Waals surface area contributed by atoms with Crippen LogP contribution in [0.5, 0.6) is 5.88 Å². The van der Waals surface area contributed by atoms with Crippen LogP contribution in [0.25, 0.3) is 22.0 Å². The first-order chi connectivity index (χ1) is 12.3. The quantitative estimate of drug-likeness (QED) is 0.655. The number of para-hydroxylation sites is 1. The molecule has 0 aliphatic carbocycles. The van der Waals surface area contributed by atoms with Gasteiger partial charge in [0.05, 0.1) is 7.11 Å². The largest absolute Gasteiger partial charge is 0.481 e. The summed E-state index contributed by atoms with van der Waals surface area (Å²) in [7, 11) is 1.60. The van der Waals surface area contributed by atoms with Crippen LogP contribution in [0.3, 0.4) is 0 Å². The zero-order valence-corrected chi connectivity index (χ0v) is 15.9. The molecule has 0 fully saturated rings. The number of rotatable bonds is 4. The van der Waals surface area contributed by atoms with Crippen LogP contribution in [0.15, 0.2) is 42.6 Å². The van der Waals surface area contributed by atoms with Crippen molar-refractivity contribution in [2.24, 2.45) is 0 Å². The highest BCUT2D eigenvalue weighted by molar-refractivity contribution is 5.98. The van der Waals surface area contributed by atoms with Gasteiger partial charge in [0.1, 0.15) is 12.1 Å². The summed E-state index contributed by atoms with van der Waals surface area (Å²) >= 11 is 0. The molecule has 0 radical (unpaired) electrons. The first kappa shape index (κ1) is 18.0. The number of methoxy groups -OCH3 is 1. The highest BCUT2D eigenvalue weighted by Crippen LogP contribution is 2.34. The van der Waals surface area contributed by atoms with Gasteiger partial charge in [0.25, 0.3) is 0 Å². The summed E-state index contributed by atoms with van der Waals surface area (Å²) in [4.78, 5) is 16.7. The maximum absolute atomic E-state index is 12.4. The fraction of sp³-hybridized carbons (Fsp3) is 0.333. The van der Waals surface area contributed by atoms with Crippen molar-refractivity contribution in [3.63, 3.8) is 0 Å². The second kappa shape index (κ2) is 6.83. The third-order valence-electron chi connectivity index (χ3n) is 4.17. The molecule has 0 amide bonds. The Bertz CT molecular complexity index is 934. The highest BCUT2D eigenvalue weighted by Gasteiger charge is 2.21. The molecule has 5 heteroatoms. The van der Waals surface area contributed by atoms with Gasteiger partial charge in [-0.1, -0.05) is 18.2 Å². The molecule has 0 spiro atoms. The minimum atomic E-state index is -0.503. The molecule has 136 valence electrons. The van der Waals surface area contributed by atoms with Gasteiger partial charge in [0.15, 0.2) is 0 Å². The average molecular weight is 352 g/mol. The molecule has 0 atom stereocenters. The van der Waals surface area contributed by atoms with Gasteiger partial charge in [-0.2, -0.15) is 0 Å². The monoisotopic (exact) mass is 352 g/mol. The van der Waals surface area contributed by atoms with E-state index in [0.717, 1.165) is 27.7 Å². The standard InChI is InChI=1S/C21H24N2O3/c1-14-20(15-10-11-18(25-5)22-12-15)16-8-6-7-9-17(16)23(14)13-19(24)26-21(2,3)4/h6-12H,13H2,1-5H3. The molecule has 1 aromatic carbocycles. The number of carbonyl (C=O) groups is 1. The van der Waals surface area contributed by atoms with Crippen LogP contribution in [0.4, 0.5) is 0 Å². The van der Waals surface area contributed by atoms with Gasteiger partial charge < -0.3 is 14.0 Å². The molecule has 0 bridgehead atoms. The Morgan fingerprint density at radius 2 is 1.88 bits per heavy atom. The molecule has 0 unspecified atom stereocenters. The number of fused-ring (bicyclic) bond motifs is 1. The Balaban J connectivity index is 2.07. The van der Waals surface area contributed by atoms with Crippen molar-refractivity contribution in [1.29, 1.82) is 0 Å². The molecular weight excluding hydrogens is 328 g/mol. The first-order valence-electron chi connectivity index (χ1n) is 8.60. The van der Waals surface area contributed by atoms with Crippen LogP contribution in [0, 0.1) is 6.92 Å². The summed E-state index contributed by atoms with van der Waals surface area (Å²) in [6.45, 7) is 7.82. The molecule has 5 nitrogen and oxygen atoms in total. The van der Waals surface area contributed by atoms with Gasteiger partial charge in [-0.25, -0.2) is 4.98 Å². The number of ether oxygens (including phenoxy) is 2. The number of benzene rings is 1.